The summed E-state index contributed by atoms with van der Waals surface area (Å²) in [5, 5.41) is 44.9. The highest BCUT2D eigenvalue weighted by atomic mass is 16.3. The quantitative estimate of drug-likeness (QED) is 0.277. The molecule has 2 aromatic carbocycles. The first-order valence-corrected chi connectivity index (χ1v) is 14.7. The van der Waals surface area contributed by atoms with Crippen LogP contribution in [0.1, 0.15) is 76.3 Å². The van der Waals surface area contributed by atoms with Crippen molar-refractivity contribution in [3.63, 3.8) is 0 Å². The summed E-state index contributed by atoms with van der Waals surface area (Å²) in [5.41, 5.74) is 6.22. The average molecular weight is 537 g/mol. The number of rotatable bonds is 6. The predicted molar refractivity (Wildman–Crippen MR) is 158 cm³/mol. The zero-order chi connectivity index (χ0) is 27.8. The van der Waals surface area contributed by atoms with Crippen LogP contribution in [0, 0.1) is 0 Å². The molecule has 4 heterocycles. The Kier molecular flexibility index (Phi) is 5.67. The van der Waals surface area contributed by atoms with Crippen molar-refractivity contribution in [3.05, 3.63) is 59.9 Å². The minimum Gasteiger partial charge on any atom is -0.851 e. The lowest BCUT2D eigenvalue weighted by Crippen LogP contribution is -2.64. The molecule has 1 fully saturated rings. The zero-order valence-corrected chi connectivity index (χ0v) is 23.5. The first kappa shape index (κ1) is 25.4. The van der Waals surface area contributed by atoms with Gasteiger partial charge in [-0.25, -0.2) is 0 Å². The topological polar surface area (TPSA) is 120 Å². The predicted octanol–water partition coefficient (Wildman–Crippen LogP) is 4.83. The monoisotopic (exact) mass is 536 g/mol. The third-order valence-corrected chi connectivity index (χ3v) is 9.87. The number of nitrogens with one attached hydrogen (secondary N) is 4. The number of anilines is 4. The Morgan fingerprint density at radius 2 is 1.02 bits per heavy atom. The number of aromatic nitrogens is 2. The summed E-state index contributed by atoms with van der Waals surface area (Å²) in [6.07, 6.45) is 4.71. The molecule has 0 bridgehead atoms. The van der Waals surface area contributed by atoms with Crippen LogP contribution in [-0.4, -0.2) is 33.5 Å². The van der Waals surface area contributed by atoms with E-state index in [9.17, 15) is 10.2 Å². The molecule has 208 valence electrons. The lowest BCUT2D eigenvalue weighted by atomic mass is 9.62. The average Bonchev–Trinajstić information content (AvgIpc) is 2.99. The molecule has 4 N–H and O–H groups in total. The number of benzene rings is 2. The van der Waals surface area contributed by atoms with Crippen LogP contribution in [0.2, 0.25) is 0 Å². The number of nitrogens with zero attached hydrogens (tertiary/aromatic N) is 2. The number of hydrogen-bond acceptors (Lipinski definition) is 8. The molecule has 1 saturated carbocycles. The number of pyridine rings is 2. The highest BCUT2D eigenvalue weighted by molar-refractivity contribution is 6.06. The second kappa shape index (κ2) is 8.94. The van der Waals surface area contributed by atoms with Gasteiger partial charge in [0, 0.05) is 34.5 Å². The van der Waals surface area contributed by atoms with E-state index < -0.39 is 24.0 Å². The van der Waals surface area contributed by atoms with Crippen molar-refractivity contribution in [2.24, 2.45) is 0 Å². The van der Waals surface area contributed by atoms with Gasteiger partial charge >= 0.3 is 0 Å². The van der Waals surface area contributed by atoms with Gasteiger partial charge in [0.05, 0.1) is 22.4 Å². The van der Waals surface area contributed by atoms with Crippen LogP contribution in [0.5, 0.6) is 0 Å². The maximum atomic E-state index is 14.1. The summed E-state index contributed by atoms with van der Waals surface area (Å²) >= 11 is 0. The molecule has 0 amide bonds. The molecule has 0 unspecified atom stereocenters. The van der Waals surface area contributed by atoms with Crippen molar-refractivity contribution >= 4 is 44.6 Å². The molecule has 40 heavy (non-hydrogen) atoms. The Hall–Kier alpha value is -3.62. The van der Waals surface area contributed by atoms with Crippen molar-refractivity contribution in [1.82, 2.24) is 9.97 Å². The molecular formula is C32H36N6O2-2. The summed E-state index contributed by atoms with van der Waals surface area (Å²) < 4.78 is 0. The van der Waals surface area contributed by atoms with E-state index in [0.717, 1.165) is 81.4 Å². The maximum absolute atomic E-state index is 14.1. The maximum Gasteiger partial charge on any atom is 0.107 e. The van der Waals surface area contributed by atoms with E-state index in [2.05, 4.69) is 61.1 Å². The minimum absolute atomic E-state index is 0.347. The standard InChI is InChI=1S/C32H36N6O2/c1-5-31(6-2)35-21-13-9-11-19-25(21)27(37-31)17(15-33-19)23-29(39)24(30(23)40)18-16-34-20-12-10-14-22-26(20)28(18)38-32(7-3,8-4)36-22/h9-16,23-24,29-30,35-38H,5-8H2,1-4H3/q-2. The van der Waals surface area contributed by atoms with Crippen LogP contribution in [0.15, 0.2) is 48.8 Å². The fourth-order valence-electron chi connectivity index (χ4n) is 7.15. The second-order valence-electron chi connectivity index (χ2n) is 11.6. The molecule has 4 aromatic rings. The van der Waals surface area contributed by atoms with Crippen LogP contribution in [0.3, 0.4) is 0 Å². The molecule has 3 aliphatic rings. The molecule has 2 aromatic heterocycles. The molecule has 0 radical (unpaired) electrons. The molecule has 0 spiro atoms. The van der Waals surface area contributed by atoms with Crippen molar-refractivity contribution in [2.45, 2.75) is 88.7 Å². The van der Waals surface area contributed by atoms with E-state index >= 15 is 0 Å². The normalized spacial score (nSPS) is 25.4. The largest absolute Gasteiger partial charge is 0.851 e. The van der Waals surface area contributed by atoms with Gasteiger partial charge in [-0.05, 0) is 72.9 Å². The molecule has 7 rings (SSSR count). The van der Waals surface area contributed by atoms with Crippen molar-refractivity contribution < 1.29 is 10.2 Å². The van der Waals surface area contributed by atoms with Crippen LogP contribution in [0.4, 0.5) is 22.7 Å². The van der Waals surface area contributed by atoms with Crippen LogP contribution < -0.4 is 31.5 Å². The van der Waals surface area contributed by atoms with Crippen LogP contribution in [0.25, 0.3) is 21.8 Å². The van der Waals surface area contributed by atoms with E-state index in [1.165, 1.54) is 0 Å². The Labute approximate surface area is 234 Å². The Morgan fingerprint density at radius 1 is 0.625 bits per heavy atom. The van der Waals surface area contributed by atoms with Crippen molar-refractivity contribution in [1.29, 1.82) is 0 Å². The molecule has 1 aliphatic carbocycles. The zero-order valence-electron chi connectivity index (χ0n) is 23.5. The van der Waals surface area contributed by atoms with Gasteiger partial charge in [0.15, 0.2) is 0 Å². The summed E-state index contributed by atoms with van der Waals surface area (Å²) in [6, 6.07) is 12.1. The fourth-order valence-corrected chi connectivity index (χ4v) is 7.15. The third kappa shape index (κ3) is 3.38. The van der Waals surface area contributed by atoms with Gasteiger partial charge < -0.3 is 31.5 Å². The minimum atomic E-state index is -1.10. The lowest BCUT2D eigenvalue weighted by molar-refractivity contribution is -0.535. The summed E-state index contributed by atoms with van der Waals surface area (Å²) in [7, 11) is 0. The van der Waals surface area contributed by atoms with E-state index in [1.54, 1.807) is 12.4 Å². The Balaban J connectivity index is 1.32. The molecular weight excluding hydrogens is 500 g/mol. The summed E-state index contributed by atoms with van der Waals surface area (Å²) in [5.74, 6) is -1.38. The van der Waals surface area contributed by atoms with Gasteiger partial charge in [-0.1, -0.05) is 39.8 Å². The van der Waals surface area contributed by atoms with Crippen molar-refractivity contribution in [2.75, 3.05) is 21.3 Å². The van der Waals surface area contributed by atoms with Gasteiger partial charge in [0.1, 0.15) is 11.3 Å². The molecule has 2 aliphatic heterocycles. The molecule has 8 heteroatoms. The SMILES string of the molecule is CCC1(CC)Nc2cccc3ncc(C4C([O-])C(c5cnc6cccc7c6c5NC(CC)(CC)N7)C4[O-])c(c23)N1. The first-order chi connectivity index (χ1) is 19.4. The Bertz CT molecular complexity index is 1500. The number of hydrogen-bond donors (Lipinski definition) is 4. The lowest BCUT2D eigenvalue weighted by Gasteiger charge is -2.62. The third-order valence-electron chi connectivity index (χ3n) is 9.87. The molecule has 0 atom stereocenters. The van der Waals surface area contributed by atoms with Gasteiger partial charge in [-0.2, -0.15) is 0 Å². The van der Waals surface area contributed by atoms with E-state index in [1.807, 2.05) is 24.3 Å². The summed E-state index contributed by atoms with van der Waals surface area (Å²) in [4.78, 5) is 9.40. The molecule has 0 saturated heterocycles. The highest BCUT2D eigenvalue weighted by Gasteiger charge is 2.44. The summed E-state index contributed by atoms with van der Waals surface area (Å²) in [6.45, 7) is 8.57. The van der Waals surface area contributed by atoms with Crippen LogP contribution >= 0.6 is 0 Å². The van der Waals surface area contributed by atoms with Crippen molar-refractivity contribution in [3.8, 4) is 0 Å². The smallest absolute Gasteiger partial charge is 0.107 e. The fraction of sp³-hybridized carbons (Fsp3) is 0.438. The first-order valence-electron chi connectivity index (χ1n) is 14.7. The van der Waals surface area contributed by atoms with E-state index in [4.69, 9.17) is 9.97 Å². The van der Waals surface area contributed by atoms with Gasteiger partial charge in [-0.15, -0.1) is 12.2 Å². The van der Waals surface area contributed by atoms with Crippen LogP contribution in [-0.2, 0) is 0 Å². The highest BCUT2D eigenvalue weighted by Crippen LogP contribution is 2.53. The van der Waals surface area contributed by atoms with Gasteiger partial charge in [0.2, 0.25) is 0 Å². The van der Waals surface area contributed by atoms with Gasteiger partial charge in [0.25, 0.3) is 0 Å². The second-order valence-corrected chi connectivity index (χ2v) is 11.6. The van der Waals surface area contributed by atoms with E-state index in [0.29, 0.717) is 0 Å². The van der Waals surface area contributed by atoms with E-state index in [-0.39, 0.29) is 11.3 Å². The van der Waals surface area contributed by atoms with Gasteiger partial charge in [-0.3, -0.25) is 9.97 Å². The Morgan fingerprint density at radius 3 is 1.40 bits per heavy atom. The molecule has 8 nitrogen and oxygen atoms in total.